The molecule has 0 saturated heterocycles. The normalized spacial score (nSPS) is 25.4. The molecule has 1 heterocycles. The number of rotatable bonds is 5. The van der Waals surface area contributed by atoms with Gasteiger partial charge in [0.05, 0.1) is 11.0 Å². The highest BCUT2D eigenvalue weighted by Crippen LogP contribution is 2.59. The zero-order valence-electron chi connectivity index (χ0n) is 12.9. The molecule has 2 fully saturated rings. The fourth-order valence-electron chi connectivity index (χ4n) is 3.77. The summed E-state index contributed by atoms with van der Waals surface area (Å²) in [6, 6.07) is 0.304. The molecule has 0 radical (unpaired) electrons. The third-order valence-electron chi connectivity index (χ3n) is 5.16. The molecule has 8 heteroatoms. The van der Waals surface area contributed by atoms with E-state index in [1.165, 1.54) is 12.6 Å². The third-order valence-corrected chi connectivity index (χ3v) is 5.16. The summed E-state index contributed by atoms with van der Waals surface area (Å²) in [6.45, 7) is 2.74. The Bertz CT molecular complexity index is 590. The van der Waals surface area contributed by atoms with E-state index in [-0.39, 0.29) is 16.9 Å². The van der Waals surface area contributed by atoms with Crippen LogP contribution in [0.3, 0.4) is 0 Å². The van der Waals surface area contributed by atoms with Crippen LogP contribution in [0.15, 0.2) is 6.20 Å². The minimum Gasteiger partial charge on any atom is -0.378 e. The summed E-state index contributed by atoms with van der Waals surface area (Å²) in [6.07, 6.45) is 5.93. The summed E-state index contributed by atoms with van der Waals surface area (Å²) in [5.74, 6) is 0.347. The zero-order chi connectivity index (χ0) is 15.9. The summed E-state index contributed by atoms with van der Waals surface area (Å²) < 4.78 is 5.84. The lowest BCUT2D eigenvalue weighted by Crippen LogP contribution is -2.67. The van der Waals surface area contributed by atoms with Crippen molar-refractivity contribution in [2.24, 2.45) is 5.41 Å². The Labute approximate surface area is 128 Å². The lowest BCUT2D eigenvalue weighted by Gasteiger charge is -2.63. The fourth-order valence-corrected chi connectivity index (χ4v) is 3.77. The van der Waals surface area contributed by atoms with E-state index in [4.69, 9.17) is 10.5 Å². The molecular weight excluding hydrogens is 286 g/mol. The van der Waals surface area contributed by atoms with Gasteiger partial charge < -0.3 is 15.4 Å². The second-order valence-corrected chi connectivity index (χ2v) is 6.09. The fraction of sp³-hybridized carbons (Fsp3) is 0.714. The van der Waals surface area contributed by atoms with Crippen molar-refractivity contribution in [3.63, 3.8) is 0 Å². The zero-order valence-corrected chi connectivity index (χ0v) is 12.9. The maximum Gasteiger partial charge on any atom is 0.329 e. The average Bonchev–Trinajstić information content (AvgIpc) is 2.40. The second kappa shape index (κ2) is 5.35. The highest BCUT2D eigenvalue weighted by molar-refractivity contribution is 5.54. The van der Waals surface area contributed by atoms with Crippen LogP contribution < -0.4 is 10.6 Å². The Balaban J connectivity index is 1.79. The molecule has 22 heavy (non-hydrogen) atoms. The quantitative estimate of drug-likeness (QED) is 0.652. The third kappa shape index (κ3) is 2.09. The van der Waals surface area contributed by atoms with Crippen molar-refractivity contribution in [3.8, 4) is 0 Å². The van der Waals surface area contributed by atoms with Gasteiger partial charge in [0.15, 0.2) is 0 Å². The molecule has 8 nitrogen and oxygen atoms in total. The van der Waals surface area contributed by atoms with E-state index in [0.717, 1.165) is 25.9 Å². The molecule has 1 spiro atoms. The number of nitrogen functional groups attached to an aromatic ring is 1. The number of hydrogen-bond acceptors (Lipinski definition) is 7. The van der Waals surface area contributed by atoms with Crippen LogP contribution in [0.5, 0.6) is 0 Å². The summed E-state index contributed by atoms with van der Waals surface area (Å²) in [5, 5.41) is 10.8. The SMILES string of the molecule is CCO[C@H]1C[C@@H](N(C)c2ncc([N+](=O)[O-])c(N)n2)C12CCC2. The molecule has 2 N–H and O–H groups in total. The largest absolute Gasteiger partial charge is 0.378 e. The molecule has 3 rings (SSSR count). The number of nitrogens with two attached hydrogens (primary N) is 1. The highest BCUT2D eigenvalue weighted by atomic mass is 16.6. The van der Waals surface area contributed by atoms with Gasteiger partial charge in [0.1, 0.15) is 6.20 Å². The van der Waals surface area contributed by atoms with Crippen LogP contribution in [-0.2, 0) is 4.74 Å². The monoisotopic (exact) mass is 307 g/mol. The Kier molecular flexibility index (Phi) is 3.64. The Morgan fingerprint density at radius 1 is 1.59 bits per heavy atom. The minimum atomic E-state index is -0.568. The smallest absolute Gasteiger partial charge is 0.329 e. The van der Waals surface area contributed by atoms with Crippen LogP contribution in [0, 0.1) is 15.5 Å². The maximum absolute atomic E-state index is 10.8. The summed E-state index contributed by atoms with van der Waals surface area (Å²) in [5.41, 5.74) is 5.60. The van der Waals surface area contributed by atoms with Crippen molar-refractivity contribution < 1.29 is 9.66 Å². The number of nitrogens with zero attached hydrogens (tertiary/aromatic N) is 4. The van der Waals surface area contributed by atoms with E-state index in [0.29, 0.717) is 18.1 Å². The Hall–Kier alpha value is -1.96. The van der Waals surface area contributed by atoms with Crippen LogP contribution in [0.2, 0.25) is 0 Å². The summed E-state index contributed by atoms with van der Waals surface area (Å²) in [7, 11) is 1.92. The van der Waals surface area contributed by atoms with E-state index >= 15 is 0 Å². The summed E-state index contributed by atoms with van der Waals surface area (Å²) in [4.78, 5) is 20.4. The topological polar surface area (TPSA) is 107 Å². The van der Waals surface area contributed by atoms with E-state index in [2.05, 4.69) is 9.97 Å². The molecule has 0 aliphatic heterocycles. The number of aromatic nitrogens is 2. The van der Waals surface area contributed by atoms with Gasteiger partial charge in [-0.1, -0.05) is 6.42 Å². The first kappa shape index (κ1) is 15.0. The molecule has 1 aromatic heterocycles. The van der Waals surface area contributed by atoms with Crippen molar-refractivity contribution in [2.45, 2.75) is 44.8 Å². The van der Waals surface area contributed by atoms with Gasteiger partial charge in [0, 0.05) is 25.1 Å². The first-order valence-electron chi connectivity index (χ1n) is 7.61. The molecule has 120 valence electrons. The van der Waals surface area contributed by atoms with Gasteiger partial charge in [-0.25, -0.2) is 4.98 Å². The van der Waals surface area contributed by atoms with Crippen molar-refractivity contribution in [3.05, 3.63) is 16.3 Å². The number of ether oxygens (including phenoxy) is 1. The van der Waals surface area contributed by atoms with Gasteiger partial charge >= 0.3 is 5.69 Å². The van der Waals surface area contributed by atoms with E-state index in [9.17, 15) is 10.1 Å². The van der Waals surface area contributed by atoms with Crippen molar-refractivity contribution in [1.82, 2.24) is 9.97 Å². The molecule has 2 atom stereocenters. The number of anilines is 2. The predicted molar refractivity (Wildman–Crippen MR) is 81.6 cm³/mol. The van der Waals surface area contributed by atoms with Crippen molar-refractivity contribution >= 4 is 17.5 Å². The van der Waals surface area contributed by atoms with Crippen molar-refractivity contribution in [2.75, 3.05) is 24.3 Å². The molecule has 2 aliphatic rings. The maximum atomic E-state index is 10.8. The minimum absolute atomic E-state index is 0.0924. The molecule has 2 aliphatic carbocycles. The molecule has 1 aromatic rings. The number of nitro groups is 1. The van der Waals surface area contributed by atoms with Crippen LogP contribution in [0.4, 0.5) is 17.5 Å². The summed E-state index contributed by atoms with van der Waals surface area (Å²) >= 11 is 0. The second-order valence-electron chi connectivity index (χ2n) is 6.09. The van der Waals surface area contributed by atoms with Gasteiger partial charge in [-0.05, 0) is 26.2 Å². The van der Waals surface area contributed by atoms with E-state index in [1.807, 2.05) is 18.9 Å². The van der Waals surface area contributed by atoms with Gasteiger partial charge in [-0.15, -0.1) is 0 Å². The van der Waals surface area contributed by atoms with Gasteiger partial charge in [0.2, 0.25) is 11.8 Å². The van der Waals surface area contributed by atoms with Crippen molar-refractivity contribution in [1.29, 1.82) is 0 Å². The molecule has 0 unspecified atom stereocenters. The lowest BCUT2D eigenvalue weighted by molar-refractivity contribution is -0.384. The standard InChI is InChI=1S/C14H21N5O3/c1-3-22-11-7-10(14(11)5-4-6-14)18(2)13-16-8-9(19(20)21)12(15)17-13/h8,10-11H,3-7H2,1-2H3,(H2,15,16,17)/t10-,11+/m1/s1. The van der Waals surface area contributed by atoms with Crippen LogP contribution in [0.1, 0.15) is 32.6 Å². The van der Waals surface area contributed by atoms with E-state index < -0.39 is 4.92 Å². The Morgan fingerprint density at radius 2 is 2.32 bits per heavy atom. The number of hydrogen-bond donors (Lipinski definition) is 1. The molecule has 0 bridgehead atoms. The van der Waals surface area contributed by atoms with Crippen LogP contribution >= 0.6 is 0 Å². The predicted octanol–water partition coefficient (Wildman–Crippen LogP) is 1.75. The van der Waals surface area contributed by atoms with Gasteiger partial charge in [-0.2, -0.15) is 4.98 Å². The molecule has 0 aromatic carbocycles. The van der Waals surface area contributed by atoms with Gasteiger partial charge in [0.25, 0.3) is 0 Å². The molecule has 2 saturated carbocycles. The first-order chi connectivity index (χ1) is 10.5. The van der Waals surface area contributed by atoms with Crippen LogP contribution in [-0.4, -0.2) is 40.7 Å². The van der Waals surface area contributed by atoms with E-state index in [1.54, 1.807) is 0 Å². The first-order valence-corrected chi connectivity index (χ1v) is 7.61. The molecular formula is C14H21N5O3. The van der Waals surface area contributed by atoms with Gasteiger partial charge in [-0.3, -0.25) is 10.1 Å². The average molecular weight is 307 g/mol. The molecule has 0 amide bonds. The highest BCUT2D eigenvalue weighted by Gasteiger charge is 2.60. The van der Waals surface area contributed by atoms with Crippen LogP contribution in [0.25, 0.3) is 0 Å². The lowest BCUT2D eigenvalue weighted by atomic mass is 9.50. The Morgan fingerprint density at radius 3 is 2.82 bits per heavy atom.